The zero-order valence-electron chi connectivity index (χ0n) is 10.7. The van der Waals surface area contributed by atoms with Crippen molar-refractivity contribution in [2.24, 2.45) is 5.73 Å². The summed E-state index contributed by atoms with van der Waals surface area (Å²) < 4.78 is 0. The molecule has 6 nitrogen and oxygen atoms in total. The Kier molecular flexibility index (Phi) is 3.91. The third-order valence-electron chi connectivity index (χ3n) is 2.97. The Bertz CT molecular complexity index is 613. The summed E-state index contributed by atoms with van der Waals surface area (Å²) in [6.45, 7) is 3.03. The number of nitro benzene ring substituents is 1. The van der Waals surface area contributed by atoms with Gasteiger partial charge in [-0.15, -0.1) is 0 Å². The molecule has 0 saturated heterocycles. The number of aryl methyl sites for hydroxylation is 1. The third kappa shape index (κ3) is 2.63. The highest BCUT2D eigenvalue weighted by molar-refractivity contribution is 5.98. The van der Waals surface area contributed by atoms with Crippen LogP contribution in [0.25, 0.3) is 10.8 Å². The summed E-state index contributed by atoms with van der Waals surface area (Å²) in [5.41, 5.74) is 6.23. The van der Waals surface area contributed by atoms with Gasteiger partial charge in [0.05, 0.1) is 10.3 Å². The molecule has 0 bridgehead atoms. The number of benzene rings is 1. The van der Waals surface area contributed by atoms with E-state index in [2.05, 4.69) is 10.3 Å². The van der Waals surface area contributed by atoms with Gasteiger partial charge in [-0.1, -0.05) is 6.07 Å². The zero-order valence-corrected chi connectivity index (χ0v) is 10.7. The predicted molar refractivity (Wildman–Crippen MR) is 75.3 cm³/mol. The molecular formula is C13H16N4O2. The fraction of sp³-hybridized carbons (Fsp3) is 0.308. The van der Waals surface area contributed by atoms with Crippen molar-refractivity contribution >= 4 is 22.3 Å². The normalized spacial score (nSPS) is 10.6. The molecule has 0 amide bonds. The van der Waals surface area contributed by atoms with Gasteiger partial charge >= 0.3 is 0 Å². The average Bonchev–Trinajstić information content (AvgIpc) is 2.38. The number of anilines is 1. The monoisotopic (exact) mass is 260 g/mol. The number of aromatic nitrogens is 1. The molecule has 2 aromatic rings. The van der Waals surface area contributed by atoms with Crippen molar-refractivity contribution in [1.29, 1.82) is 0 Å². The highest BCUT2D eigenvalue weighted by Crippen LogP contribution is 2.31. The Morgan fingerprint density at radius 1 is 1.37 bits per heavy atom. The van der Waals surface area contributed by atoms with E-state index in [9.17, 15) is 10.1 Å². The molecule has 100 valence electrons. The Hall–Kier alpha value is -2.21. The minimum Gasteiger partial charge on any atom is -0.370 e. The molecule has 0 fully saturated rings. The van der Waals surface area contributed by atoms with Crippen molar-refractivity contribution in [3.05, 3.63) is 40.1 Å². The van der Waals surface area contributed by atoms with Gasteiger partial charge in [-0.05, 0) is 32.0 Å². The SMILES string of the molecule is Cc1ccc2c(NCCCN)nccc2c1[N+](=O)[O-]. The lowest BCUT2D eigenvalue weighted by molar-refractivity contribution is -0.383. The van der Waals surface area contributed by atoms with Crippen LogP contribution in [0.5, 0.6) is 0 Å². The van der Waals surface area contributed by atoms with E-state index in [-0.39, 0.29) is 10.6 Å². The smallest absolute Gasteiger partial charge is 0.280 e. The van der Waals surface area contributed by atoms with Crippen LogP contribution in [0.1, 0.15) is 12.0 Å². The maximum absolute atomic E-state index is 11.2. The largest absolute Gasteiger partial charge is 0.370 e. The number of hydrogen-bond donors (Lipinski definition) is 2. The van der Waals surface area contributed by atoms with E-state index < -0.39 is 0 Å². The maximum Gasteiger partial charge on any atom is 0.280 e. The van der Waals surface area contributed by atoms with Gasteiger partial charge in [0.25, 0.3) is 5.69 Å². The summed E-state index contributed by atoms with van der Waals surface area (Å²) in [7, 11) is 0. The number of pyridine rings is 1. The Morgan fingerprint density at radius 3 is 2.84 bits per heavy atom. The van der Waals surface area contributed by atoms with Crippen LogP contribution >= 0.6 is 0 Å². The van der Waals surface area contributed by atoms with Crippen LogP contribution < -0.4 is 11.1 Å². The lowest BCUT2D eigenvalue weighted by Gasteiger charge is -2.09. The highest BCUT2D eigenvalue weighted by Gasteiger charge is 2.17. The molecule has 2 rings (SSSR count). The zero-order chi connectivity index (χ0) is 13.8. The second kappa shape index (κ2) is 5.62. The second-order valence-corrected chi connectivity index (χ2v) is 4.31. The minimum atomic E-state index is -0.346. The van der Waals surface area contributed by atoms with Crippen LogP contribution in [-0.2, 0) is 0 Å². The molecule has 0 unspecified atom stereocenters. The molecule has 1 aromatic carbocycles. The van der Waals surface area contributed by atoms with Crippen molar-refractivity contribution < 1.29 is 4.92 Å². The highest BCUT2D eigenvalue weighted by atomic mass is 16.6. The molecule has 0 saturated carbocycles. The second-order valence-electron chi connectivity index (χ2n) is 4.31. The number of hydrogen-bond acceptors (Lipinski definition) is 5. The van der Waals surface area contributed by atoms with Gasteiger partial charge in [0.1, 0.15) is 5.82 Å². The van der Waals surface area contributed by atoms with Gasteiger partial charge in [0.2, 0.25) is 0 Å². The standard InChI is InChI=1S/C13H16N4O2/c1-9-3-4-11-10(12(9)17(18)19)5-8-16-13(11)15-7-2-6-14/h3-5,8H,2,6-7,14H2,1H3,(H,15,16). The van der Waals surface area contributed by atoms with E-state index in [0.29, 0.717) is 29.9 Å². The maximum atomic E-state index is 11.2. The van der Waals surface area contributed by atoms with Crippen LogP contribution in [0.4, 0.5) is 11.5 Å². The first-order chi connectivity index (χ1) is 9.15. The molecule has 0 radical (unpaired) electrons. The van der Waals surface area contributed by atoms with Gasteiger partial charge < -0.3 is 11.1 Å². The summed E-state index contributed by atoms with van der Waals surface area (Å²) in [6, 6.07) is 5.28. The molecule has 19 heavy (non-hydrogen) atoms. The van der Waals surface area contributed by atoms with Gasteiger partial charge in [-0.3, -0.25) is 10.1 Å². The van der Waals surface area contributed by atoms with Crippen molar-refractivity contribution in [2.45, 2.75) is 13.3 Å². The Morgan fingerprint density at radius 2 is 2.16 bits per heavy atom. The molecular weight excluding hydrogens is 244 g/mol. The first-order valence-electron chi connectivity index (χ1n) is 6.12. The van der Waals surface area contributed by atoms with E-state index in [4.69, 9.17) is 5.73 Å². The summed E-state index contributed by atoms with van der Waals surface area (Å²) in [6.07, 6.45) is 2.41. The van der Waals surface area contributed by atoms with Gasteiger partial charge in [0.15, 0.2) is 0 Å². The minimum absolute atomic E-state index is 0.141. The number of nitro groups is 1. The van der Waals surface area contributed by atoms with Gasteiger partial charge in [-0.2, -0.15) is 0 Å². The number of rotatable bonds is 5. The topological polar surface area (TPSA) is 94.1 Å². The number of fused-ring (bicyclic) bond motifs is 1. The quantitative estimate of drug-likeness (QED) is 0.488. The van der Waals surface area contributed by atoms with Gasteiger partial charge in [-0.25, -0.2) is 4.98 Å². The number of nitrogens with one attached hydrogen (secondary N) is 1. The van der Waals surface area contributed by atoms with Crippen molar-refractivity contribution in [1.82, 2.24) is 4.98 Å². The van der Waals surface area contributed by atoms with E-state index >= 15 is 0 Å². The molecule has 6 heteroatoms. The summed E-state index contributed by atoms with van der Waals surface area (Å²) in [5, 5.41) is 15.7. The number of nitrogens with two attached hydrogens (primary N) is 1. The lowest BCUT2D eigenvalue weighted by Crippen LogP contribution is -2.09. The first kappa shape index (κ1) is 13.2. The summed E-state index contributed by atoms with van der Waals surface area (Å²) >= 11 is 0. The van der Waals surface area contributed by atoms with E-state index in [1.165, 1.54) is 0 Å². The molecule has 0 spiro atoms. The van der Waals surface area contributed by atoms with Crippen LogP contribution in [0, 0.1) is 17.0 Å². The Labute approximate surface area is 110 Å². The molecule has 0 aliphatic rings. The van der Waals surface area contributed by atoms with Crippen LogP contribution in [0.2, 0.25) is 0 Å². The fourth-order valence-corrected chi connectivity index (χ4v) is 2.04. The van der Waals surface area contributed by atoms with Crippen molar-refractivity contribution in [2.75, 3.05) is 18.4 Å². The molecule has 0 aliphatic carbocycles. The fourth-order valence-electron chi connectivity index (χ4n) is 2.04. The molecule has 0 aliphatic heterocycles. The predicted octanol–water partition coefficient (Wildman–Crippen LogP) is 2.21. The first-order valence-corrected chi connectivity index (χ1v) is 6.12. The van der Waals surface area contributed by atoms with Crippen molar-refractivity contribution in [3.8, 4) is 0 Å². The molecule has 1 heterocycles. The van der Waals surface area contributed by atoms with Crippen LogP contribution in [0.3, 0.4) is 0 Å². The van der Waals surface area contributed by atoms with Crippen LogP contribution in [0.15, 0.2) is 24.4 Å². The van der Waals surface area contributed by atoms with Crippen LogP contribution in [-0.4, -0.2) is 23.0 Å². The molecule has 1 aromatic heterocycles. The Balaban J connectivity index is 2.51. The van der Waals surface area contributed by atoms with E-state index in [1.807, 2.05) is 6.07 Å². The average molecular weight is 260 g/mol. The summed E-state index contributed by atoms with van der Waals surface area (Å²) in [5.74, 6) is 0.661. The van der Waals surface area contributed by atoms with Crippen molar-refractivity contribution in [3.63, 3.8) is 0 Å². The van der Waals surface area contributed by atoms with E-state index in [0.717, 1.165) is 11.8 Å². The molecule has 0 atom stereocenters. The summed E-state index contributed by atoms with van der Waals surface area (Å²) in [4.78, 5) is 15.0. The lowest BCUT2D eigenvalue weighted by atomic mass is 10.1. The molecule has 3 N–H and O–H groups in total. The van der Waals surface area contributed by atoms with E-state index in [1.54, 1.807) is 25.3 Å². The van der Waals surface area contributed by atoms with Gasteiger partial charge in [0, 0.05) is 23.7 Å². The third-order valence-corrected chi connectivity index (χ3v) is 2.97. The number of nitrogens with zero attached hydrogens (tertiary/aromatic N) is 2.